The predicted molar refractivity (Wildman–Crippen MR) is 304 cm³/mol. The summed E-state index contributed by atoms with van der Waals surface area (Å²) in [6, 6.07) is 26.7. The monoisotopic (exact) mass is 1150 g/mol. The topological polar surface area (TPSA) is 212 Å². The molecule has 436 valence electrons. The standard InChI is InChI=1S/C57H85N3O16Si3/c1-42(61)67-37-39-69-56(70-40-38-68-43(2)62)73-53-52(63)50(41-71-79(75-77(5,6)7,76-78(8,9)10)74-49-25-21-16-14-12-11-13-15-17-22-26-49)72-54(53)60-36-35-51(58-55(60)64)59-57(44-23-19-18-20-24-44,45-27-31-47(65-3)32-28-45)46-29-33-48(66-4)34-30-46/h18-20,23-24,27-36,49-50,52-54,56,63H,11-17,21-22,25-26,37-41H2,1-10H3,(H,58,59,64)/t50-,52-,53-,54-/m1/s1/i58+1,59+1. The van der Waals surface area contributed by atoms with Crippen LogP contribution in [0, 0.1) is 0 Å². The largest absolute Gasteiger partial charge is 0.658 e. The first kappa shape index (κ1) is 63.4. The van der Waals surface area contributed by atoms with Crippen molar-refractivity contribution in [2.24, 2.45) is 0 Å². The summed E-state index contributed by atoms with van der Waals surface area (Å²) in [7, 11) is -5.76. The van der Waals surface area contributed by atoms with E-state index in [9.17, 15) is 19.5 Å². The van der Waals surface area contributed by atoms with Crippen molar-refractivity contribution >= 4 is 43.4 Å². The van der Waals surface area contributed by atoms with Crippen LogP contribution in [0.4, 0.5) is 5.82 Å². The van der Waals surface area contributed by atoms with E-state index in [0.717, 1.165) is 55.2 Å². The van der Waals surface area contributed by atoms with Crippen LogP contribution in [0.25, 0.3) is 0 Å². The van der Waals surface area contributed by atoms with Crippen LogP contribution < -0.4 is 20.5 Å². The third-order valence-corrected chi connectivity index (χ3v) is 21.2. The van der Waals surface area contributed by atoms with Gasteiger partial charge in [0, 0.05) is 20.0 Å². The first-order valence-corrected chi connectivity index (χ1v) is 36.1. The van der Waals surface area contributed by atoms with Crippen molar-refractivity contribution < 1.29 is 69.7 Å². The number of methoxy groups -OCH3 is 2. The van der Waals surface area contributed by atoms with E-state index >= 15 is 0 Å². The number of hydrogen-bond acceptors (Lipinski definition) is 18. The number of nitrogens with one attached hydrogen (secondary N) is 1. The van der Waals surface area contributed by atoms with Crippen LogP contribution in [0.5, 0.6) is 11.5 Å². The number of benzene rings is 3. The molecule has 0 bridgehead atoms. The zero-order valence-electron chi connectivity index (χ0n) is 47.9. The molecule has 3 aromatic carbocycles. The van der Waals surface area contributed by atoms with E-state index in [1.54, 1.807) is 20.3 Å². The summed E-state index contributed by atoms with van der Waals surface area (Å²) < 4.78 is 75.6. The molecule has 2 N–H and O–H groups in total. The van der Waals surface area contributed by atoms with Crippen LogP contribution in [0.1, 0.15) is 107 Å². The van der Waals surface area contributed by atoms with E-state index in [4.69, 9.17) is 55.0 Å². The van der Waals surface area contributed by atoms with Crippen molar-refractivity contribution in [2.45, 2.75) is 166 Å². The molecule has 4 aromatic rings. The molecule has 1 aliphatic carbocycles. The Hall–Kier alpha value is -4.83. The fourth-order valence-electron chi connectivity index (χ4n) is 9.64. The van der Waals surface area contributed by atoms with Crippen LogP contribution in [-0.2, 0) is 60.6 Å². The SMILES string of the molecule is COc1ccc(C([15NH]c2ccn([C@@H]3O[C@H](CO[Si](OC4CCCCCCCCCCC4)(O[Si](C)(C)C)O[Si](C)(C)C)[C@@H](O)[C@H]3OC(OCCOC(C)=O)OCCOC(C)=O)c(=O)[15n]2)(c2ccccc2)c2ccc(OC)cc2)cc1. The summed E-state index contributed by atoms with van der Waals surface area (Å²) in [6.07, 6.45) is 7.86. The van der Waals surface area contributed by atoms with Gasteiger partial charge in [-0.05, 0) is 99.1 Å². The average Bonchev–Trinajstić information content (AvgIpc) is 3.71. The lowest BCUT2D eigenvalue weighted by atomic mass is 9.78. The second-order valence-electron chi connectivity index (χ2n) is 21.8. The van der Waals surface area contributed by atoms with Crippen molar-refractivity contribution in [2.75, 3.05) is 52.6 Å². The van der Waals surface area contributed by atoms with Gasteiger partial charge in [0.1, 0.15) is 54.4 Å². The minimum absolute atomic E-state index is 0.149. The Bertz CT molecular complexity index is 2430. The van der Waals surface area contributed by atoms with Crippen molar-refractivity contribution in [1.82, 2.24) is 9.55 Å². The van der Waals surface area contributed by atoms with Gasteiger partial charge in [0.25, 0.3) is 6.48 Å². The van der Waals surface area contributed by atoms with Crippen LogP contribution in [-0.4, -0.2) is 130 Å². The molecule has 1 saturated heterocycles. The number of carbonyl (C=O) groups excluding carboxylic acids is 2. The fraction of sp³-hybridized carbons (Fsp3) is 0.579. The van der Waals surface area contributed by atoms with E-state index in [-0.39, 0.29) is 45.0 Å². The number of hydrogen-bond donors (Lipinski definition) is 2. The Morgan fingerprint density at radius 3 is 1.63 bits per heavy atom. The molecule has 6 rings (SSSR count). The van der Waals surface area contributed by atoms with Crippen LogP contribution in [0.15, 0.2) is 95.9 Å². The fourth-order valence-corrected chi connectivity index (χ4v) is 18.1. The summed E-state index contributed by atoms with van der Waals surface area (Å²) in [5.74, 6) is 0.478. The quantitative estimate of drug-likeness (QED) is 0.0142. The van der Waals surface area contributed by atoms with E-state index < -0.39 is 79.9 Å². The highest BCUT2D eigenvalue weighted by Gasteiger charge is 2.56. The average molecular weight is 1150 g/mol. The zero-order valence-corrected chi connectivity index (χ0v) is 50.9. The van der Waals surface area contributed by atoms with Crippen LogP contribution >= 0.6 is 0 Å². The minimum atomic E-state index is -4.04. The Labute approximate surface area is 469 Å². The first-order chi connectivity index (χ1) is 37.7. The maximum absolute atomic E-state index is 14.8. The van der Waals surface area contributed by atoms with E-state index in [0.29, 0.717) is 11.5 Å². The van der Waals surface area contributed by atoms with Gasteiger partial charge in [-0.3, -0.25) is 14.2 Å². The molecular weight excluding hydrogens is 1070 g/mol. The summed E-state index contributed by atoms with van der Waals surface area (Å²) in [5.41, 5.74) is 0.587. The molecule has 0 unspecified atom stereocenters. The van der Waals surface area contributed by atoms with Gasteiger partial charge in [-0.15, -0.1) is 0 Å². The molecule has 79 heavy (non-hydrogen) atoms. The number of aliphatic hydroxyl groups excluding tert-OH is 1. The third-order valence-electron chi connectivity index (χ3n) is 13.2. The molecule has 19 nitrogen and oxygen atoms in total. The number of esters is 2. The van der Waals surface area contributed by atoms with Gasteiger partial charge in [-0.2, -0.15) is 4.98 Å². The minimum Gasteiger partial charge on any atom is -0.497 e. The molecule has 0 radical (unpaired) electrons. The first-order valence-electron chi connectivity index (χ1n) is 27.7. The Balaban J connectivity index is 1.40. The second kappa shape index (κ2) is 30.3. The number of aromatic nitrogens is 2. The Morgan fingerprint density at radius 1 is 0.696 bits per heavy atom. The van der Waals surface area contributed by atoms with Crippen molar-refractivity contribution in [1.29, 1.82) is 0 Å². The highest BCUT2D eigenvalue weighted by atomic mass is 28.5. The van der Waals surface area contributed by atoms with Crippen molar-refractivity contribution in [3.05, 3.63) is 118 Å². The Kier molecular flexibility index (Phi) is 24.3. The lowest BCUT2D eigenvalue weighted by molar-refractivity contribution is -0.321. The molecule has 4 atom stereocenters. The third kappa shape index (κ3) is 19.4. The summed E-state index contributed by atoms with van der Waals surface area (Å²) >= 11 is 0. The van der Waals surface area contributed by atoms with Gasteiger partial charge >= 0.3 is 26.7 Å². The number of ether oxygens (including phenoxy) is 8. The number of anilines is 1. The lowest BCUT2D eigenvalue weighted by Gasteiger charge is -2.40. The highest BCUT2D eigenvalue weighted by molar-refractivity contribution is 6.83. The lowest BCUT2D eigenvalue weighted by Crippen LogP contribution is -2.61. The zero-order chi connectivity index (χ0) is 57.1. The van der Waals surface area contributed by atoms with Crippen LogP contribution in [0.2, 0.25) is 39.3 Å². The van der Waals surface area contributed by atoms with E-state index in [2.05, 4.69) is 49.6 Å². The van der Waals surface area contributed by atoms with Crippen LogP contribution in [0.3, 0.4) is 0 Å². The number of nitrogens with zero attached hydrogens (tertiary/aromatic N) is 2. The predicted octanol–water partition coefficient (Wildman–Crippen LogP) is 9.60. The number of aliphatic hydroxyl groups is 1. The maximum atomic E-state index is 14.8. The van der Waals surface area contributed by atoms with E-state index in [1.807, 2.05) is 78.9 Å². The molecule has 1 aromatic heterocycles. The van der Waals surface area contributed by atoms with Gasteiger partial charge in [-0.1, -0.05) is 112 Å². The molecule has 1 saturated carbocycles. The molecule has 2 heterocycles. The molecule has 2 aliphatic rings. The number of carbonyl (C=O) groups is 2. The molecular formula is C57H85N3O16Si3. The summed E-state index contributed by atoms with van der Waals surface area (Å²) in [6.45, 7) is 12.4. The molecule has 0 spiro atoms. The van der Waals surface area contributed by atoms with Gasteiger partial charge in [-0.25, -0.2) is 4.79 Å². The summed E-state index contributed by atoms with van der Waals surface area (Å²) in [4.78, 5) is 42.8. The van der Waals surface area contributed by atoms with Gasteiger partial charge in [0.2, 0.25) is 0 Å². The normalized spacial score (nSPS) is 19.3. The van der Waals surface area contributed by atoms with Crippen molar-refractivity contribution in [3.63, 3.8) is 0 Å². The smallest absolute Gasteiger partial charge is 0.497 e. The highest BCUT2D eigenvalue weighted by Crippen LogP contribution is 2.42. The Morgan fingerprint density at radius 2 is 1.18 bits per heavy atom. The second-order valence-corrected chi connectivity index (χ2v) is 33.4. The molecule has 22 heteroatoms. The van der Waals surface area contributed by atoms with Gasteiger partial charge in [0.05, 0.1) is 40.1 Å². The molecule has 1 aliphatic heterocycles. The van der Waals surface area contributed by atoms with Crippen molar-refractivity contribution in [3.8, 4) is 11.5 Å². The number of rotatable bonds is 27. The molecule has 2 fully saturated rings. The molecule has 0 amide bonds. The van der Waals surface area contributed by atoms with Gasteiger partial charge < -0.3 is 65.4 Å². The summed E-state index contributed by atoms with van der Waals surface area (Å²) in [5, 5.41) is 16.1. The maximum Gasteiger partial charge on any atom is 0.658 e. The van der Waals surface area contributed by atoms with Gasteiger partial charge in [0.15, 0.2) is 22.9 Å². The van der Waals surface area contributed by atoms with E-state index in [1.165, 1.54) is 56.7 Å².